The molecule has 0 amide bonds. The van der Waals surface area contributed by atoms with E-state index in [9.17, 15) is 12.8 Å². The molecule has 3 N–H and O–H groups in total. The summed E-state index contributed by atoms with van der Waals surface area (Å²) in [7, 11) is -3.99. The van der Waals surface area contributed by atoms with E-state index in [0.29, 0.717) is 0 Å². The van der Waals surface area contributed by atoms with Crippen molar-refractivity contribution < 1.29 is 12.8 Å². The largest absolute Gasteiger partial charge is 0.389 e. The van der Waals surface area contributed by atoms with Crippen LogP contribution in [0.3, 0.4) is 0 Å². The van der Waals surface area contributed by atoms with Crippen molar-refractivity contribution in [2.45, 2.75) is 4.90 Å². The van der Waals surface area contributed by atoms with Gasteiger partial charge in [0.2, 0.25) is 0 Å². The highest BCUT2D eigenvalue weighted by atomic mass is 35.5. The second-order valence-corrected chi connectivity index (χ2v) is 8.22. The Morgan fingerprint density at radius 1 is 1.33 bits per heavy atom. The van der Waals surface area contributed by atoms with Crippen LogP contribution in [0.4, 0.5) is 10.1 Å². The van der Waals surface area contributed by atoms with Crippen LogP contribution in [-0.4, -0.2) is 13.4 Å². The molecule has 2 rings (SSSR count). The molecular weight excluding hydrogens is 378 g/mol. The maximum atomic E-state index is 13.2. The van der Waals surface area contributed by atoms with Crippen LogP contribution in [0.1, 0.15) is 5.56 Å². The molecule has 0 bridgehead atoms. The summed E-state index contributed by atoms with van der Waals surface area (Å²) in [6.07, 6.45) is 0. The molecular formula is C11H7Cl2FN2O2S3. The highest BCUT2D eigenvalue weighted by Gasteiger charge is 2.22. The molecule has 2 aromatic rings. The number of thiocarbonyl (C=S) groups is 1. The van der Waals surface area contributed by atoms with E-state index in [4.69, 9.17) is 41.2 Å². The molecule has 0 unspecified atom stereocenters. The van der Waals surface area contributed by atoms with Gasteiger partial charge in [-0.1, -0.05) is 35.4 Å². The second kappa shape index (κ2) is 6.05. The van der Waals surface area contributed by atoms with Crippen molar-refractivity contribution in [2.24, 2.45) is 5.73 Å². The van der Waals surface area contributed by atoms with Crippen molar-refractivity contribution in [3.05, 3.63) is 44.3 Å². The van der Waals surface area contributed by atoms with Gasteiger partial charge in [0.05, 0.1) is 10.0 Å². The maximum absolute atomic E-state index is 13.2. The van der Waals surface area contributed by atoms with Gasteiger partial charge < -0.3 is 5.73 Å². The number of benzene rings is 1. The quantitative estimate of drug-likeness (QED) is 0.789. The minimum absolute atomic E-state index is 0.0199. The van der Waals surface area contributed by atoms with Crippen molar-refractivity contribution in [1.82, 2.24) is 0 Å². The predicted molar refractivity (Wildman–Crippen MR) is 87.4 cm³/mol. The molecule has 0 spiro atoms. The number of thiophene rings is 1. The van der Waals surface area contributed by atoms with Crippen LogP contribution >= 0.6 is 46.8 Å². The van der Waals surface area contributed by atoms with Gasteiger partial charge in [-0.3, -0.25) is 4.72 Å². The van der Waals surface area contributed by atoms with Crippen molar-refractivity contribution in [2.75, 3.05) is 4.72 Å². The zero-order chi connectivity index (χ0) is 15.8. The van der Waals surface area contributed by atoms with E-state index >= 15 is 0 Å². The van der Waals surface area contributed by atoms with Gasteiger partial charge in [0, 0.05) is 5.56 Å². The van der Waals surface area contributed by atoms with E-state index in [1.807, 2.05) is 0 Å². The molecule has 0 radical (unpaired) electrons. The first-order valence-corrected chi connectivity index (χ1v) is 8.74. The average molecular weight is 385 g/mol. The van der Waals surface area contributed by atoms with Gasteiger partial charge in [-0.25, -0.2) is 12.8 Å². The summed E-state index contributed by atoms with van der Waals surface area (Å²) >= 11 is 17.3. The maximum Gasteiger partial charge on any atom is 0.264 e. The normalized spacial score (nSPS) is 11.4. The summed E-state index contributed by atoms with van der Waals surface area (Å²) in [5, 5.41) is 0. The lowest BCUT2D eigenvalue weighted by Crippen LogP contribution is -2.18. The second-order valence-electron chi connectivity index (χ2n) is 3.85. The van der Waals surface area contributed by atoms with Crippen LogP contribution in [-0.2, 0) is 10.0 Å². The Balaban J connectivity index is 2.47. The third-order valence-electron chi connectivity index (χ3n) is 2.41. The van der Waals surface area contributed by atoms with Gasteiger partial charge in [-0.2, -0.15) is 0 Å². The van der Waals surface area contributed by atoms with Crippen molar-refractivity contribution in [3.63, 3.8) is 0 Å². The Bertz CT molecular complexity index is 821. The molecule has 0 atom stereocenters. The summed E-state index contributed by atoms with van der Waals surface area (Å²) in [6.45, 7) is 0. The molecule has 1 aromatic carbocycles. The van der Waals surface area contributed by atoms with Crippen LogP contribution in [0.5, 0.6) is 0 Å². The molecule has 112 valence electrons. The van der Waals surface area contributed by atoms with Crippen molar-refractivity contribution >= 4 is 67.5 Å². The topological polar surface area (TPSA) is 72.2 Å². The van der Waals surface area contributed by atoms with E-state index in [1.54, 1.807) is 0 Å². The molecule has 4 nitrogen and oxygen atoms in total. The molecule has 0 saturated heterocycles. The molecule has 21 heavy (non-hydrogen) atoms. The smallest absolute Gasteiger partial charge is 0.264 e. The molecule has 0 saturated carbocycles. The van der Waals surface area contributed by atoms with Crippen LogP contribution in [0.25, 0.3) is 0 Å². The van der Waals surface area contributed by atoms with Gasteiger partial charge in [-0.05, 0) is 24.3 Å². The lowest BCUT2D eigenvalue weighted by Gasteiger charge is -2.11. The predicted octanol–water partition coefficient (Wildman–Crippen LogP) is 3.63. The Labute approximate surface area is 139 Å². The summed E-state index contributed by atoms with van der Waals surface area (Å²) in [5.74, 6) is -0.586. The zero-order valence-electron chi connectivity index (χ0n) is 10.1. The number of halogens is 3. The number of rotatable bonds is 4. The highest BCUT2D eigenvalue weighted by molar-refractivity contribution is 7.93. The lowest BCUT2D eigenvalue weighted by atomic mass is 10.2. The average Bonchev–Trinajstić information content (AvgIpc) is 2.71. The Morgan fingerprint density at radius 2 is 2.00 bits per heavy atom. The molecule has 10 heteroatoms. The molecule has 0 aliphatic carbocycles. The fraction of sp³-hybridized carbons (Fsp3) is 0. The number of hydrogen-bond donors (Lipinski definition) is 2. The standard InChI is InChI=1S/C11H7Cl2FN2O2S3/c12-9-4-8(10(13)20-9)21(17,18)16-7-2-1-5(14)3-6(7)11(15)19/h1-4,16H,(H2,15,19). The zero-order valence-corrected chi connectivity index (χ0v) is 14.0. The Morgan fingerprint density at radius 3 is 2.52 bits per heavy atom. The number of nitrogens with two attached hydrogens (primary N) is 1. The summed E-state index contributed by atoms with van der Waals surface area (Å²) < 4.78 is 40.3. The fourth-order valence-electron chi connectivity index (χ4n) is 1.52. The first kappa shape index (κ1) is 16.4. The van der Waals surface area contributed by atoms with Crippen molar-refractivity contribution in [1.29, 1.82) is 0 Å². The molecule has 0 aliphatic rings. The monoisotopic (exact) mass is 384 g/mol. The minimum Gasteiger partial charge on any atom is -0.389 e. The van der Waals surface area contributed by atoms with Gasteiger partial charge in [0.1, 0.15) is 20.0 Å². The van der Waals surface area contributed by atoms with Crippen molar-refractivity contribution in [3.8, 4) is 0 Å². The first-order chi connectivity index (χ1) is 9.70. The first-order valence-electron chi connectivity index (χ1n) is 5.27. The number of nitrogens with one attached hydrogen (secondary N) is 1. The number of anilines is 1. The number of hydrogen-bond acceptors (Lipinski definition) is 4. The molecule has 0 fully saturated rings. The fourth-order valence-corrected chi connectivity index (χ4v) is 4.92. The van der Waals surface area contributed by atoms with Crippen LogP contribution < -0.4 is 10.5 Å². The Hall–Kier alpha value is -0.930. The summed E-state index contributed by atoms with van der Waals surface area (Å²) in [6, 6.07) is 4.58. The van der Waals surface area contributed by atoms with Gasteiger partial charge in [-0.15, -0.1) is 11.3 Å². The Kier molecular flexibility index (Phi) is 4.74. The van der Waals surface area contributed by atoms with E-state index in [-0.39, 0.29) is 29.8 Å². The van der Waals surface area contributed by atoms with Crippen LogP contribution in [0, 0.1) is 5.82 Å². The number of sulfonamides is 1. The third-order valence-corrected chi connectivity index (χ3v) is 5.74. The highest BCUT2D eigenvalue weighted by Crippen LogP contribution is 2.35. The lowest BCUT2D eigenvalue weighted by molar-refractivity contribution is 0.601. The van der Waals surface area contributed by atoms with Gasteiger partial charge in [0.15, 0.2) is 0 Å². The van der Waals surface area contributed by atoms with Crippen LogP contribution in [0.15, 0.2) is 29.2 Å². The minimum atomic E-state index is -3.99. The van der Waals surface area contributed by atoms with Gasteiger partial charge >= 0.3 is 0 Å². The SMILES string of the molecule is NC(=S)c1cc(F)ccc1NS(=O)(=O)c1cc(Cl)sc1Cl. The van der Waals surface area contributed by atoms with E-state index in [2.05, 4.69) is 4.72 Å². The molecule has 1 aromatic heterocycles. The van der Waals surface area contributed by atoms with Crippen LogP contribution in [0.2, 0.25) is 8.67 Å². The summed E-state index contributed by atoms with van der Waals surface area (Å²) in [5.41, 5.74) is 5.59. The summed E-state index contributed by atoms with van der Waals surface area (Å²) in [4.78, 5) is -0.306. The van der Waals surface area contributed by atoms with E-state index < -0.39 is 15.8 Å². The van der Waals surface area contributed by atoms with E-state index in [0.717, 1.165) is 23.5 Å². The molecule has 0 aliphatic heterocycles. The van der Waals surface area contributed by atoms with Gasteiger partial charge in [0.25, 0.3) is 10.0 Å². The third kappa shape index (κ3) is 3.64. The van der Waals surface area contributed by atoms with E-state index in [1.165, 1.54) is 12.1 Å². The molecule has 1 heterocycles.